The molecule has 0 heterocycles. The van der Waals surface area contributed by atoms with E-state index in [1.165, 1.54) is 13.8 Å². The average molecular weight is 252 g/mol. The summed E-state index contributed by atoms with van der Waals surface area (Å²) in [5, 5.41) is 20.0. The second-order valence-corrected chi connectivity index (χ2v) is 4.31. The van der Waals surface area contributed by atoms with Gasteiger partial charge in [0.25, 0.3) is 0 Å². The van der Waals surface area contributed by atoms with Crippen LogP contribution in [0.4, 0.5) is 0 Å². The summed E-state index contributed by atoms with van der Waals surface area (Å²) in [5.74, 6) is -0.610. The predicted octanol–water partition coefficient (Wildman–Crippen LogP) is 1.25. The van der Waals surface area contributed by atoms with Crippen LogP contribution in [0.2, 0.25) is 0 Å². The summed E-state index contributed by atoms with van der Waals surface area (Å²) >= 11 is 0. The molecule has 2 N–H and O–H groups in total. The quantitative estimate of drug-likeness (QED) is 0.774. The number of benzene rings is 1. The van der Waals surface area contributed by atoms with Gasteiger partial charge in [-0.25, -0.2) is 0 Å². The topological polar surface area (TPSA) is 66.8 Å². The Labute approximate surface area is 107 Å². The van der Waals surface area contributed by atoms with Crippen molar-refractivity contribution in [3.05, 3.63) is 35.9 Å². The van der Waals surface area contributed by atoms with Crippen molar-refractivity contribution in [1.29, 1.82) is 0 Å². The van der Waals surface area contributed by atoms with Crippen molar-refractivity contribution in [2.45, 2.75) is 38.4 Å². The zero-order valence-electron chi connectivity index (χ0n) is 11.0. The molecule has 0 amide bonds. The van der Waals surface area contributed by atoms with Gasteiger partial charge in [-0.15, -0.1) is 0 Å². The molecule has 2 atom stereocenters. The van der Waals surface area contributed by atoms with E-state index in [1.54, 1.807) is 31.2 Å². The molecule has 1 aromatic rings. The second-order valence-electron chi connectivity index (χ2n) is 4.31. The van der Waals surface area contributed by atoms with Crippen LogP contribution in [0, 0.1) is 0 Å². The van der Waals surface area contributed by atoms with Crippen molar-refractivity contribution >= 4 is 5.97 Å². The summed E-state index contributed by atoms with van der Waals surface area (Å²) in [7, 11) is 0. The van der Waals surface area contributed by atoms with Crippen LogP contribution in [0.25, 0.3) is 0 Å². The van der Waals surface area contributed by atoms with E-state index >= 15 is 0 Å². The van der Waals surface area contributed by atoms with Gasteiger partial charge in [-0.3, -0.25) is 4.79 Å². The van der Waals surface area contributed by atoms with Crippen LogP contribution >= 0.6 is 0 Å². The Morgan fingerprint density at radius 1 is 1.22 bits per heavy atom. The van der Waals surface area contributed by atoms with Gasteiger partial charge in [-0.1, -0.05) is 30.3 Å². The summed E-state index contributed by atoms with van der Waals surface area (Å²) < 4.78 is 5.03. The number of hydrogen-bond acceptors (Lipinski definition) is 4. The summed E-state index contributed by atoms with van der Waals surface area (Å²) in [6.07, 6.45) is -2.11. The number of carbonyl (C=O) groups excluding carboxylic acids is 1. The minimum atomic E-state index is -1.45. The highest BCUT2D eigenvalue weighted by molar-refractivity contribution is 5.85. The summed E-state index contributed by atoms with van der Waals surface area (Å²) in [5.41, 5.74) is -0.898. The van der Waals surface area contributed by atoms with E-state index in [0.717, 1.165) is 0 Å². The third kappa shape index (κ3) is 2.40. The van der Waals surface area contributed by atoms with Crippen LogP contribution in [0.15, 0.2) is 30.3 Å². The molecule has 100 valence electrons. The van der Waals surface area contributed by atoms with Gasteiger partial charge in [-0.05, 0) is 26.3 Å². The zero-order valence-corrected chi connectivity index (χ0v) is 11.0. The number of aliphatic hydroxyl groups is 2. The molecule has 4 nitrogen and oxygen atoms in total. The minimum Gasteiger partial charge on any atom is -0.465 e. The van der Waals surface area contributed by atoms with E-state index in [4.69, 9.17) is 4.74 Å². The summed E-state index contributed by atoms with van der Waals surface area (Å²) in [4.78, 5) is 12.2. The van der Waals surface area contributed by atoms with Crippen molar-refractivity contribution in [3.8, 4) is 0 Å². The van der Waals surface area contributed by atoms with Gasteiger partial charge in [0.2, 0.25) is 0 Å². The maximum atomic E-state index is 12.2. The third-order valence-corrected chi connectivity index (χ3v) is 3.18. The molecule has 1 aromatic carbocycles. The Morgan fingerprint density at radius 3 is 2.11 bits per heavy atom. The zero-order chi connectivity index (χ0) is 13.8. The molecule has 0 aliphatic rings. The standard InChI is InChI=1S/C14H20O4/c1-4-18-13(17)14(10(2)15,11(3)16)12-8-6-5-7-9-12/h5-11,15-16H,4H2,1-3H3. The van der Waals surface area contributed by atoms with E-state index in [-0.39, 0.29) is 6.61 Å². The minimum absolute atomic E-state index is 0.201. The Kier molecular flexibility index (Phi) is 4.87. The summed E-state index contributed by atoms with van der Waals surface area (Å²) in [6, 6.07) is 8.73. The fraction of sp³-hybridized carbons (Fsp3) is 0.500. The molecule has 0 saturated carbocycles. The van der Waals surface area contributed by atoms with Crippen LogP contribution in [0.3, 0.4) is 0 Å². The summed E-state index contributed by atoms with van der Waals surface area (Å²) in [6.45, 7) is 4.86. The number of aliphatic hydroxyl groups excluding tert-OH is 2. The first-order valence-electron chi connectivity index (χ1n) is 6.06. The van der Waals surface area contributed by atoms with Gasteiger partial charge in [0, 0.05) is 0 Å². The van der Waals surface area contributed by atoms with Crippen molar-refractivity contribution in [2.24, 2.45) is 0 Å². The fourth-order valence-corrected chi connectivity index (χ4v) is 2.25. The van der Waals surface area contributed by atoms with Crippen molar-refractivity contribution in [1.82, 2.24) is 0 Å². The van der Waals surface area contributed by atoms with Crippen molar-refractivity contribution in [3.63, 3.8) is 0 Å². The number of hydrogen-bond donors (Lipinski definition) is 2. The van der Waals surface area contributed by atoms with Gasteiger partial charge in [0.05, 0.1) is 18.8 Å². The molecular weight excluding hydrogens is 232 g/mol. The third-order valence-electron chi connectivity index (χ3n) is 3.18. The Bertz CT molecular complexity index is 376. The maximum absolute atomic E-state index is 12.2. The van der Waals surface area contributed by atoms with E-state index in [0.29, 0.717) is 5.56 Å². The lowest BCUT2D eigenvalue weighted by Crippen LogP contribution is -2.54. The Balaban J connectivity index is 3.36. The maximum Gasteiger partial charge on any atom is 0.321 e. The largest absolute Gasteiger partial charge is 0.465 e. The van der Waals surface area contributed by atoms with E-state index in [9.17, 15) is 15.0 Å². The van der Waals surface area contributed by atoms with E-state index in [1.807, 2.05) is 6.07 Å². The lowest BCUT2D eigenvalue weighted by atomic mass is 9.72. The van der Waals surface area contributed by atoms with Gasteiger partial charge in [0.15, 0.2) is 0 Å². The molecule has 0 aliphatic heterocycles. The molecule has 2 unspecified atom stereocenters. The Hall–Kier alpha value is -1.39. The van der Waals surface area contributed by atoms with Crippen LogP contribution < -0.4 is 0 Å². The first-order valence-corrected chi connectivity index (χ1v) is 6.06. The van der Waals surface area contributed by atoms with Crippen molar-refractivity contribution < 1.29 is 19.7 Å². The van der Waals surface area contributed by atoms with E-state index < -0.39 is 23.6 Å². The van der Waals surface area contributed by atoms with Crippen LogP contribution in [0.1, 0.15) is 26.3 Å². The van der Waals surface area contributed by atoms with E-state index in [2.05, 4.69) is 0 Å². The molecule has 18 heavy (non-hydrogen) atoms. The molecule has 0 saturated heterocycles. The predicted molar refractivity (Wildman–Crippen MR) is 68.1 cm³/mol. The van der Waals surface area contributed by atoms with Gasteiger partial charge in [0.1, 0.15) is 5.41 Å². The fourth-order valence-electron chi connectivity index (χ4n) is 2.25. The molecule has 1 rings (SSSR count). The normalized spacial score (nSPS) is 17.6. The SMILES string of the molecule is CCOC(=O)C(c1ccccc1)(C(C)O)C(C)O. The highest BCUT2D eigenvalue weighted by Gasteiger charge is 2.50. The first kappa shape index (κ1) is 14.7. The molecule has 0 bridgehead atoms. The molecule has 0 aromatic heterocycles. The van der Waals surface area contributed by atoms with Crippen LogP contribution in [-0.2, 0) is 14.9 Å². The lowest BCUT2D eigenvalue weighted by molar-refractivity contribution is -0.161. The monoisotopic (exact) mass is 252 g/mol. The first-order chi connectivity index (χ1) is 8.47. The van der Waals surface area contributed by atoms with Crippen LogP contribution in [-0.4, -0.2) is 35.0 Å². The number of esters is 1. The second kappa shape index (κ2) is 5.98. The highest BCUT2D eigenvalue weighted by Crippen LogP contribution is 2.33. The van der Waals surface area contributed by atoms with Crippen LogP contribution in [0.5, 0.6) is 0 Å². The smallest absolute Gasteiger partial charge is 0.321 e. The molecule has 0 radical (unpaired) electrons. The number of ether oxygens (including phenoxy) is 1. The van der Waals surface area contributed by atoms with Crippen molar-refractivity contribution in [2.75, 3.05) is 6.61 Å². The Morgan fingerprint density at radius 2 is 1.72 bits per heavy atom. The highest BCUT2D eigenvalue weighted by atomic mass is 16.5. The lowest BCUT2D eigenvalue weighted by Gasteiger charge is -2.36. The molecule has 4 heteroatoms. The number of carbonyl (C=O) groups is 1. The molecular formula is C14H20O4. The van der Waals surface area contributed by atoms with Gasteiger partial charge < -0.3 is 14.9 Å². The van der Waals surface area contributed by atoms with Gasteiger partial charge in [-0.2, -0.15) is 0 Å². The van der Waals surface area contributed by atoms with Gasteiger partial charge >= 0.3 is 5.97 Å². The molecule has 0 spiro atoms. The molecule has 0 aliphatic carbocycles. The average Bonchev–Trinajstić information content (AvgIpc) is 2.30. The molecule has 0 fully saturated rings. The number of rotatable bonds is 5.